The number of unbranched alkanes of at least 4 members (excludes halogenated alkanes) is 2. The number of carbonyl (C=O) groups excluding carboxylic acids is 1. The number of carbonyl (C=O) groups is 1. The molecule has 0 saturated heterocycles. The molecule has 0 aliphatic rings. The number of esters is 1. The Hall–Kier alpha value is -2.70. The Morgan fingerprint density at radius 2 is 2.04 bits per heavy atom. The second kappa shape index (κ2) is 9.44. The van der Waals surface area contributed by atoms with E-state index in [4.69, 9.17) is 4.74 Å². The van der Waals surface area contributed by atoms with Crippen molar-refractivity contribution < 1.29 is 9.53 Å². The van der Waals surface area contributed by atoms with Gasteiger partial charge in [-0.05, 0) is 25.5 Å². The molecule has 0 radical (unpaired) electrons. The molecule has 0 unspecified atom stereocenters. The Kier molecular flexibility index (Phi) is 6.94. The molecule has 0 amide bonds. The molecule has 0 aliphatic heterocycles. The lowest BCUT2D eigenvalue weighted by molar-refractivity contribution is 0.0527. The monoisotopic (exact) mass is 329 g/mol. The van der Waals surface area contributed by atoms with Crippen LogP contribution in [0.15, 0.2) is 30.5 Å². The van der Waals surface area contributed by atoms with E-state index in [1.807, 2.05) is 6.07 Å². The number of hydrogen-bond acceptors (Lipinski definition) is 7. The van der Waals surface area contributed by atoms with Crippen LogP contribution in [-0.4, -0.2) is 34.3 Å². The lowest BCUT2D eigenvalue weighted by Gasteiger charge is -2.11. The fourth-order valence-electron chi connectivity index (χ4n) is 2.13. The molecule has 7 heteroatoms. The number of anilines is 3. The molecule has 24 heavy (non-hydrogen) atoms. The number of ether oxygens (including phenoxy) is 1. The van der Waals surface area contributed by atoms with Crippen LogP contribution in [-0.2, 0) is 4.74 Å². The first-order valence-electron chi connectivity index (χ1n) is 8.21. The van der Waals surface area contributed by atoms with Gasteiger partial charge in [0, 0.05) is 6.54 Å². The molecule has 128 valence electrons. The Morgan fingerprint density at radius 1 is 1.21 bits per heavy atom. The second-order valence-corrected chi connectivity index (χ2v) is 5.19. The van der Waals surface area contributed by atoms with Gasteiger partial charge in [0.1, 0.15) is 0 Å². The average Bonchev–Trinajstić information content (AvgIpc) is 2.60. The number of aromatic nitrogens is 3. The molecular weight excluding hydrogens is 306 g/mol. The summed E-state index contributed by atoms with van der Waals surface area (Å²) in [5.41, 5.74) is 1.07. The maximum atomic E-state index is 12.0. The van der Waals surface area contributed by atoms with E-state index >= 15 is 0 Å². The lowest BCUT2D eigenvalue weighted by atomic mass is 10.2. The molecule has 1 aromatic heterocycles. The van der Waals surface area contributed by atoms with E-state index in [0.717, 1.165) is 25.8 Å². The molecule has 1 aromatic carbocycles. The van der Waals surface area contributed by atoms with Crippen molar-refractivity contribution >= 4 is 23.4 Å². The first-order chi connectivity index (χ1) is 11.7. The first kappa shape index (κ1) is 17.7. The summed E-state index contributed by atoms with van der Waals surface area (Å²) in [6, 6.07) is 7.13. The number of benzene rings is 1. The molecule has 2 aromatic rings. The molecule has 1 heterocycles. The summed E-state index contributed by atoms with van der Waals surface area (Å²) in [7, 11) is 0. The number of nitrogens with zero attached hydrogens (tertiary/aromatic N) is 3. The highest BCUT2D eigenvalue weighted by Crippen LogP contribution is 2.20. The molecule has 0 saturated carbocycles. The van der Waals surface area contributed by atoms with Crippen molar-refractivity contribution in [2.75, 3.05) is 23.8 Å². The normalized spacial score (nSPS) is 10.2. The summed E-state index contributed by atoms with van der Waals surface area (Å²) >= 11 is 0. The summed E-state index contributed by atoms with van der Waals surface area (Å²) in [6.07, 6.45) is 4.89. The third-order valence-electron chi connectivity index (χ3n) is 3.31. The van der Waals surface area contributed by atoms with Gasteiger partial charge in [-0.2, -0.15) is 10.1 Å². The SMILES string of the molecule is CCCCCNc1nncc(Nc2ccccc2C(=O)OCC)n1. The summed E-state index contributed by atoms with van der Waals surface area (Å²) in [5, 5.41) is 14.1. The van der Waals surface area contributed by atoms with Crippen molar-refractivity contribution in [3.8, 4) is 0 Å². The van der Waals surface area contributed by atoms with E-state index in [1.54, 1.807) is 25.1 Å². The molecule has 2 N–H and O–H groups in total. The standard InChI is InChI=1S/C17H23N5O2/c1-3-5-8-11-18-17-21-15(12-19-22-17)20-14-10-7-6-9-13(14)16(23)24-4-2/h6-7,9-10,12H,3-5,8,11H2,1-2H3,(H2,18,20,21,22). The van der Waals surface area contributed by atoms with Crippen LogP contribution in [0, 0.1) is 0 Å². The molecule has 7 nitrogen and oxygen atoms in total. The minimum atomic E-state index is -0.375. The number of para-hydroxylation sites is 1. The van der Waals surface area contributed by atoms with Crippen LogP contribution in [0.2, 0.25) is 0 Å². The summed E-state index contributed by atoms with van der Waals surface area (Å²) in [4.78, 5) is 16.4. The van der Waals surface area contributed by atoms with Crippen molar-refractivity contribution in [2.24, 2.45) is 0 Å². The van der Waals surface area contributed by atoms with E-state index in [9.17, 15) is 4.79 Å². The summed E-state index contributed by atoms with van der Waals surface area (Å²) < 4.78 is 5.07. The van der Waals surface area contributed by atoms with Gasteiger partial charge in [-0.25, -0.2) is 4.79 Å². The highest BCUT2D eigenvalue weighted by atomic mass is 16.5. The minimum Gasteiger partial charge on any atom is -0.462 e. The van der Waals surface area contributed by atoms with Crippen LogP contribution in [0.25, 0.3) is 0 Å². The van der Waals surface area contributed by atoms with Gasteiger partial charge >= 0.3 is 5.97 Å². The van der Waals surface area contributed by atoms with Gasteiger partial charge < -0.3 is 15.4 Å². The van der Waals surface area contributed by atoms with Crippen molar-refractivity contribution in [3.63, 3.8) is 0 Å². The third kappa shape index (κ3) is 5.19. The molecule has 0 spiro atoms. The zero-order chi connectivity index (χ0) is 17.2. The molecule has 0 aliphatic carbocycles. The molecule has 0 bridgehead atoms. The fourth-order valence-corrected chi connectivity index (χ4v) is 2.13. The largest absolute Gasteiger partial charge is 0.462 e. The minimum absolute atomic E-state index is 0.327. The summed E-state index contributed by atoms with van der Waals surface area (Å²) in [5.74, 6) is 0.602. The lowest BCUT2D eigenvalue weighted by Crippen LogP contribution is -2.10. The average molecular weight is 329 g/mol. The van der Waals surface area contributed by atoms with E-state index in [1.165, 1.54) is 6.20 Å². The molecule has 0 fully saturated rings. The zero-order valence-corrected chi connectivity index (χ0v) is 14.1. The van der Waals surface area contributed by atoms with Gasteiger partial charge in [0.2, 0.25) is 5.95 Å². The van der Waals surface area contributed by atoms with Gasteiger partial charge in [0.15, 0.2) is 5.82 Å². The van der Waals surface area contributed by atoms with Crippen molar-refractivity contribution in [1.29, 1.82) is 0 Å². The highest BCUT2D eigenvalue weighted by Gasteiger charge is 2.12. The van der Waals surface area contributed by atoms with Gasteiger partial charge in [0.25, 0.3) is 0 Å². The van der Waals surface area contributed by atoms with Gasteiger partial charge in [-0.3, -0.25) is 0 Å². The van der Waals surface area contributed by atoms with Gasteiger partial charge in [-0.1, -0.05) is 31.9 Å². The highest BCUT2D eigenvalue weighted by molar-refractivity contribution is 5.96. The molecule has 0 atom stereocenters. The molecular formula is C17H23N5O2. The predicted octanol–water partition coefficient (Wildman–Crippen LogP) is 3.39. The first-order valence-corrected chi connectivity index (χ1v) is 8.21. The molecule has 2 rings (SSSR count). The van der Waals surface area contributed by atoms with E-state index in [-0.39, 0.29) is 5.97 Å². The van der Waals surface area contributed by atoms with Crippen LogP contribution in [0.4, 0.5) is 17.5 Å². The van der Waals surface area contributed by atoms with Gasteiger partial charge in [0.05, 0.1) is 24.1 Å². The Morgan fingerprint density at radius 3 is 2.83 bits per heavy atom. The maximum Gasteiger partial charge on any atom is 0.340 e. The Bertz CT molecular complexity index is 663. The number of hydrogen-bond donors (Lipinski definition) is 2. The topological polar surface area (TPSA) is 89.0 Å². The third-order valence-corrected chi connectivity index (χ3v) is 3.31. The van der Waals surface area contributed by atoms with E-state index < -0.39 is 0 Å². The van der Waals surface area contributed by atoms with Crippen LogP contribution in [0.3, 0.4) is 0 Å². The zero-order valence-electron chi connectivity index (χ0n) is 14.1. The Balaban J connectivity index is 2.07. The maximum absolute atomic E-state index is 12.0. The van der Waals surface area contributed by atoms with Crippen molar-refractivity contribution in [3.05, 3.63) is 36.0 Å². The Labute approximate surface area is 141 Å². The predicted molar refractivity (Wildman–Crippen MR) is 93.5 cm³/mol. The van der Waals surface area contributed by atoms with Crippen LogP contribution < -0.4 is 10.6 Å². The van der Waals surface area contributed by atoms with Crippen LogP contribution in [0.1, 0.15) is 43.5 Å². The smallest absolute Gasteiger partial charge is 0.340 e. The van der Waals surface area contributed by atoms with E-state index in [0.29, 0.717) is 29.6 Å². The number of rotatable bonds is 9. The summed E-state index contributed by atoms with van der Waals surface area (Å²) in [6.45, 7) is 5.06. The van der Waals surface area contributed by atoms with Gasteiger partial charge in [-0.15, -0.1) is 5.10 Å². The van der Waals surface area contributed by atoms with E-state index in [2.05, 4.69) is 32.7 Å². The van der Waals surface area contributed by atoms with Crippen LogP contribution >= 0.6 is 0 Å². The van der Waals surface area contributed by atoms with Crippen molar-refractivity contribution in [2.45, 2.75) is 33.1 Å². The fraction of sp³-hybridized carbons (Fsp3) is 0.412. The quantitative estimate of drug-likeness (QED) is 0.538. The van der Waals surface area contributed by atoms with Crippen LogP contribution in [0.5, 0.6) is 0 Å². The second-order valence-electron chi connectivity index (χ2n) is 5.19. The number of nitrogens with one attached hydrogen (secondary N) is 2. The van der Waals surface area contributed by atoms with Crippen molar-refractivity contribution in [1.82, 2.24) is 15.2 Å².